The summed E-state index contributed by atoms with van der Waals surface area (Å²) in [4.78, 5) is 3.07. The Morgan fingerprint density at radius 2 is 2.25 bits per heavy atom. The van der Waals surface area contributed by atoms with Gasteiger partial charge in [-0.2, -0.15) is 0 Å². The number of hydrogen-bond acceptors (Lipinski definition) is 0. The summed E-state index contributed by atoms with van der Waals surface area (Å²) >= 11 is 3.34. The fourth-order valence-corrected chi connectivity index (χ4v) is 1.73. The van der Waals surface area contributed by atoms with Crippen molar-refractivity contribution in [1.29, 1.82) is 0 Å². The normalized spacial score (nSPS) is 10.8. The van der Waals surface area contributed by atoms with Gasteiger partial charge in [-0.15, -0.1) is 0 Å². The zero-order valence-electron chi connectivity index (χ0n) is 6.27. The quantitative estimate of drug-likeness (QED) is 0.721. The molecule has 12 heavy (non-hydrogen) atoms. The largest absolute Gasteiger partial charge is 0.361 e. The molecule has 0 fully saturated rings. The summed E-state index contributed by atoms with van der Waals surface area (Å²) < 4.78 is 12.8. The van der Waals surface area contributed by atoms with Gasteiger partial charge in [-0.3, -0.25) is 0 Å². The molecule has 0 spiro atoms. The Bertz CT molecular complexity index is 408. The minimum absolute atomic E-state index is 0.190. The number of nitrogens with one attached hydrogen (secondary N) is 1. The van der Waals surface area contributed by atoms with Crippen LogP contribution in [0, 0.1) is 5.82 Å². The number of aromatic amines is 1. The number of halogens is 2. The van der Waals surface area contributed by atoms with Gasteiger partial charge < -0.3 is 4.98 Å². The Hall–Kier alpha value is -0.830. The lowest BCUT2D eigenvalue weighted by Gasteiger charge is -1.92. The highest BCUT2D eigenvalue weighted by atomic mass is 79.9. The van der Waals surface area contributed by atoms with Crippen LogP contribution in [0.2, 0.25) is 0 Å². The molecule has 0 radical (unpaired) electrons. The van der Waals surface area contributed by atoms with Crippen molar-refractivity contribution in [3.8, 4) is 0 Å². The lowest BCUT2D eigenvalue weighted by Crippen LogP contribution is -1.75. The highest BCUT2D eigenvalue weighted by Crippen LogP contribution is 2.20. The van der Waals surface area contributed by atoms with E-state index in [1.54, 1.807) is 12.1 Å². The summed E-state index contributed by atoms with van der Waals surface area (Å²) in [6, 6.07) is 4.75. The number of rotatable bonds is 1. The van der Waals surface area contributed by atoms with Gasteiger partial charge in [0, 0.05) is 22.4 Å². The van der Waals surface area contributed by atoms with Crippen LogP contribution in [0.15, 0.2) is 24.4 Å². The first-order chi connectivity index (χ1) is 5.81. The molecule has 0 aliphatic carbocycles. The van der Waals surface area contributed by atoms with Crippen molar-refractivity contribution in [3.05, 3.63) is 35.8 Å². The Labute approximate surface area is 77.7 Å². The van der Waals surface area contributed by atoms with Crippen LogP contribution >= 0.6 is 15.9 Å². The Balaban J connectivity index is 2.75. The molecule has 1 N–H and O–H groups in total. The van der Waals surface area contributed by atoms with Gasteiger partial charge in [0.1, 0.15) is 5.82 Å². The summed E-state index contributed by atoms with van der Waals surface area (Å²) in [5, 5.41) is 1.70. The minimum atomic E-state index is -0.190. The van der Waals surface area contributed by atoms with E-state index in [-0.39, 0.29) is 5.82 Å². The van der Waals surface area contributed by atoms with E-state index >= 15 is 0 Å². The summed E-state index contributed by atoms with van der Waals surface area (Å²) in [6.07, 6.45) is 1.89. The Kier molecular flexibility index (Phi) is 1.89. The van der Waals surface area contributed by atoms with Gasteiger partial charge in [0.15, 0.2) is 0 Å². The van der Waals surface area contributed by atoms with E-state index in [2.05, 4.69) is 20.9 Å². The average Bonchev–Trinajstić information content (AvgIpc) is 2.46. The molecule has 0 saturated carbocycles. The SMILES string of the molecule is Fc1ccc2[nH]cc(CBr)c2c1. The van der Waals surface area contributed by atoms with Crippen molar-refractivity contribution in [2.45, 2.75) is 5.33 Å². The Morgan fingerprint density at radius 1 is 1.42 bits per heavy atom. The molecule has 0 amide bonds. The maximum atomic E-state index is 12.8. The lowest BCUT2D eigenvalue weighted by atomic mass is 10.2. The van der Waals surface area contributed by atoms with Crippen molar-refractivity contribution in [3.63, 3.8) is 0 Å². The molecule has 3 heteroatoms. The van der Waals surface area contributed by atoms with Gasteiger partial charge in [0.05, 0.1) is 0 Å². The van der Waals surface area contributed by atoms with E-state index in [4.69, 9.17) is 0 Å². The van der Waals surface area contributed by atoms with Gasteiger partial charge >= 0.3 is 0 Å². The molecule has 0 unspecified atom stereocenters. The molecule has 0 bridgehead atoms. The van der Waals surface area contributed by atoms with E-state index in [1.165, 1.54) is 6.07 Å². The zero-order chi connectivity index (χ0) is 8.55. The molecule has 2 rings (SSSR count). The van der Waals surface area contributed by atoms with Crippen molar-refractivity contribution in [1.82, 2.24) is 4.98 Å². The molecule has 0 aliphatic heterocycles. The number of aromatic nitrogens is 1. The molecule has 0 saturated heterocycles. The van der Waals surface area contributed by atoms with Gasteiger partial charge in [-0.1, -0.05) is 15.9 Å². The molecular formula is C9H7BrFN. The Morgan fingerprint density at radius 3 is 3.00 bits per heavy atom. The van der Waals surface area contributed by atoms with Crippen LogP contribution in [0.25, 0.3) is 10.9 Å². The second-order valence-corrected chi connectivity index (χ2v) is 3.20. The van der Waals surface area contributed by atoms with E-state index in [1.807, 2.05) is 6.20 Å². The van der Waals surface area contributed by atoms with E-state index in [0.29, 0.717) is 0 Å². The first-order valence-corrected chi connectivity index (χ1v) is 4.75. The predicted octanol–water partition coefficient (Wildman–Crippen LogP) is 3.20. The highest BCUT2D eigenvalue weighted by Gasteiger charge is 2.02. The first kappa shape index (κ1) is 7.80. The van der Waals surface area contributed by atoms with Crippen LogP contribution in [-0.2, 0) is 5.33 Å². The van der Waals surface area contributed by atoms with Crippen LogP contribution in [0.1, 0.15) is 5.56 Å². The standard InChI is InChI=1S/C9H7BrFN/c10-4-6-5-12-9-2-1-7(11)3-8(6)9/h1-3,5,12H,4H2. The summed E-state index contributed by atoms with van der Waals surface area (Å²) in [5.41, 5.74) is 2.07. The molecule has 1 nitrogen and oxygen atoms in total. The molecular weight excluding hydrogens is 221 g/mol. The van der Waals surface area contributed by atoms with Crippen LogP contribution in [0.5, 0.6) is 0 Å². The molecule has 1 aromatic carbocycles. The molecule has 1 heterocycles. The fourth-order valence-electron chi connectivity index (χ4n) is 1.26. The van der Waals surface area contributed by atoms with Crippen molar-refractivity contribution in [2.24, 2.45) is 0 Å². The fraction of sp³-hybridized carbons (Fsp3) is 0.111. The lowest BCUT2D eigenvalue weighted by molar-refractivity contribution is 0.629. The number of H-pyrrole nitrogens is 1. The van der Waals surface area contributed by atoms with Crippen LogP contribution in [0.3, 0.4) is 0 Å². The first-order valence-electron chi connectivity index (χ1n) is 3.63. The van der Waals surface area contributed by atoms with Crippen LogP contribution in [-0.4, -0.2) is 4.98 Å². The topological polar surface area (TPSA) is 15.8 Å². The monoisotopic (exact) mass is 227 g/mol. The number of fused-ring (bicyclic) bond motifs is 1. The van der Waals surface area contributed by atoms with E-state index in [0.717, 1.165) is 21.8 Å². The minimum Gasteiger partial charge on any atom is -0.361 e. The molecule has 2 aromatic rings. The van der Waals surface area contributed by atoms with E-state index in [9.17, 15) is 4.39 Å². The molecule has 62 valence electrons. The van der Waals surface area contributed by atoms with Crippen molar-refractivity contribution in [2.75, 3.05) is 0 Å². The average molecular weight is 228 g/mol. The summed E-state index contributed by atoms with van der Waals surface area (Å²) in [5.74, 6) is -0.190. The third-order valence-corrected chi connectivity index (χ3v) is 2.48. The molecule has 0 atom stereocenters. The summed E-state index contributed by atoms with van der Waals surface area (Å²) in [6.45, 7) is 0. The van der Waals surface area contributed by atoms with Gasteiger partial charge in [0.2, 0.25) is 0 Å². The smallest absolute Gasteiger partial charge is 0.123 e. The van der Waals surface area contributed by atoms with Gasteiger partial charge in [-0.05, 0) is 23.8 Å². The van der Waals surface area contributed by atoms with Gasteiger partial charge in [0.25, 0.3) is 0 Å². The zero-order valence-corrected chi connectivity index (χ0v) is 7.86. The van der Waals surface area contributed by atoms with Gasteiger partial charge in [-0.25, -0.2) is 4.39 Å². The summed E-state index contributed by atoms with van der Waals surface area (Å²) in [7, 11) is 0. The number of hydrogen-bond donors (Lipinski definition) is 1. The predicted molar refractivity (Wildman–Crippen MR) is 50.9 cm³/mol. The molecule has 1 aromatic heterocycles. The third kappa shape index (κ3) is 1.14. The van der Waals surface area contributed by atoms with Crippen molar-refractivity contribution >= 4 is 26.8 Å². The number of benzene rings is 1. The maximum absolute atomic E-state index is 12.8. The highest BCUT2D eigenvalue weighted by molar-refractivity contribution is 9.08. The second kappa shape index (κ2) is 2.90. The van der Waals surface area contributed by atoms with E-state index < -0.39 is 0 Å². The number of alkyl halides is 1. The van der Waals surface area contributed by atoms with Crippen LogP contribution in [0.4, 0.5) is 4.39 Å². The molecule has 0 aliphatic rings. The maximum Gasteiger partial charge on any atom is 0.123 e. The second-order valence-electron chi connectivity index (χ2n) is 2.64. The van der Waals surface area contributed by atoms with Crippen LogP contribution < -0.4 is 0 Å². The third-order valence-electron chi connectivity index (χ3n) is 1.87. The van der Waals surface area contributed by atoms with Crippen molar-refractivity contribution < 1.29 is 4.39 Å².